The van der Waals surface area contributed by atoms with Gasteiger partial charge in [-0.05, 0) is 44.2 Å². The summed E-state index contributed by atoms with van der Waals surface area (Å²) in [6.45, 7) is 15.6. The fraction of sp³-hybridized carbons (Fsp3) is 0.722. The summed E-state index contributed by atoms with van der Waals surface area (Å²) in [5.74, 6) is 1.37. The number of nitrogens with one attached hydrogen (secondary N) is 1. The lowest BCUT2D eigenvalue weighted by Crippen LogP contribution is -2.59. The van der Waals surface area contributed by atoms with Crippen molar-refractivity contribution in [3.8, 4) is 0 Å². The second kappa shape index (κ2) is 6.78. The fourth-order valence-electron chi connectivity index (χ4n) is 3.42. The maximum atomic E-state index is 4.67. The first-order chi connectivity index (χ1) is 9.88. The Bertz CT molecular complexity index is 468. The van der Waals surface area contributed by atoms with Gasteiger partial charge in [0.25, 0.3) is 0 Å². The summed E-state index contributed by atoms with van der Waals surface area (Å²) < 4.78 is 0. The van der Waals surface area contributed by atoms with Gasteiger partial charge in [0.15, 0.2) is 0 Å². The van der Waals surface area contributed by atoms with Crippen LogP contribution in [0.4, 0.5) is 5.69 Å². The Morgan fingerprint density at radius 2 is 1.95 bits per heavy atom. The van der Waals surface area contributed by atoms with E-state index in [-0.39, 0.29) is 0 Å². The van der Waals surface area contributed by atoms with Crippen molar-refractivity contribution in [2.45, 2.75) is 60.0 Å². The quantitative estimate of drug-likeness (QED) is 0.919. The summed E-state index contributed by atoms with van der Waals surface area (Å²) >= 11 is 0. The fourth-order valence-corrected chi connectivity index (χ4v) is 3.42. The molecular weight excluding hydrogens is 258 g/mol. The number of aryl methyl sites for hydroxylation is 2. The van der Waals surface area contributed by atoms with E-state index in [9.17, 15) is 0 Å². The van der Waals surface area contributed by atoms with E-state index < -0.39 is 0 Å². The highest BCUT2D eigenvalue weighted by atomic mass is 15.2. The van der Waals surface area contributed by atoms with Crippen LogP contribution in [0.25, 0.3) is 0 Å². The van der Waals surface area contributed by atoms with Gasteiger partial charge in [0.2, 0.25) is 0 Å². The third-order valence-electron chi connectivity index (χ3n) is 4.47. The van der Waals surface area contributed by atoms with Crippen LogP contribution >= 0.6 is 0 Å². The van der Waals surface area contributed by atoms with E-state index in [1.807, 2.05) is 0 Å². The minimum Gasteiger partial charge on any atom is -0.364 e. The van der Waals surface area contributed by atoms with E-state index in [2.05, 4.69) is 68.9 Å². The van der Waals surface area contributed by atoms with Gasteiger partial charge >= 0.3 is 0 Å². The molecule has 2 rings (SSSR count). The smallest absolute Gasteiger partial charge is 0.0609 e. The van der Waals surface area contributed by atoms with Gasteiger partial charge in [-0.15, -0.1) is 0 Å². The molecule has 0 radical (unpaired) electrons. The number of hydrogen-bond donors (Lipinski definition) is 1. The summed E-state index contributed by atoms with van der Waals surface area (Å²) in [6.07, 6.45) is 1.24. The Kier molecular flexibility index (Phi) is 5.26. The van der Waals surface area contributed by atoms with Crippen LogP contribution in [0, 0.1) is 25.7 Å². The van der Waals surface area contributed by atoms with E-state index in [1.54, 1.807) is 0 Å². The molecule has 1 aliphatic rings. The van der Waals surface area contributed by atoms with Crippen molar-refractivity contribution in [3.63, 3.8) is 0 Å². The van der Waals surface area contributed by atoms with Gasteiger partial charge in [-0.2, -0.15) is 0 Å². The first kappa shape index (κ1) is 16.3. The van der Waals surface area contributed by atoms with Crippen molar-refractivity contribution in [3.05, 3.63) is 23.5 Å². The lowest BCUT2D eigenvalue weighted by Gasteiger charge is -2.44. The van der Waals surface area contributed by atoms with Gasteiger partial charge in [-0.25, -0.2) is 0 Å². The third kappa shape index (κ3) is 3.97. The molecule has 1 saturated heterocycles. The third-order valence-corrected chi connectivity index (χ3v) is 4.47. The number of aromatic nitrogens is 1. The van der Waals surface area contributed by atoms with Gasteiger partial charge in [0.05, 0.1) is 11.4 Å². The van der Waals surface area contributed by atoms with E-state index in [0.717, 1.165) is 30.4 Å². The summed E-state index contributed by atoms with van der Waals surface area (Å²) in [7, 11) is 0. The van der Waals surface area contributed by atoms with Crippen molar-refractivity contribution < 1.29 is 0 Å². The van der Waals surface area contributed by atoms with Crippen LogP contribution in [0.15, 0.2) is 12.1 Å². The van der Waals surface area contributed by atoms with Crippen molar-refractivity contribution in [2.75, 3.05) is 18.0 Å². The molecule has 1 N–H and O–H groups in total. The van der Waals surface area contributed by atoms with Crippen LogP contribution in [-0.4, -0.2) is 30.2 Å². The van der Waals surface area contributed by atoms with Crippen molar-refractivity contribution in [1.29, 1.82) is 0 Å². The highest BCUT2D eigenvalue weighted by Gasteiger charge is 2.31. The number of rotatable bonds is 4. The maximum absolute atomic E-state index is 4.67. The molecule has 1 aromatic rings. The second-order valence-electron chi connectivity index (χ2n) is 7.26. The van der Waals surface area contributed by atoms with Gasteiger partial charge in [0.1, 0.15) is 0 Å². The summed E-state index contributed by atoms with van der Waals surface area (Å²) in [4.78, 5) is 7.26. The molecule has 0 saturated carbocycles. The highest BCUT2D eigenvalue weighted by molar-refractivity contribution is 5.52. The zero-order valence-corrected chi connectivity index (χ0v) is 14.5. The zero-order chi connectivity index (χ0) is 15.6. The molecule has 1 aromatic heterocycles. The molecule has 118 valence electrons. The summed E-state index contributed by atoms with van der Waals surface area (Å²) in [5.41, 5.74) is 3.58. The van der Waals surface area contributed by atoms with Gasteiger partial charge in [-0.1, -0.05) is 27.7 Å². The molecule has 1 aliphatic heterocycles. The molecule has 0 amide bonds. The first-order valence-corrected chi connectivity index (χ1v) is 8.32. The average Bonchev–Trinajstić information content (AvgIpc) is 2.37. The van der Waals surface area contributed by atoms with E-state index in [4.69, 9.17) is 0 Å². The minimum absolute atomic E-state index is 0.552. The molecule has 3 heteroatoms. The predicted octanol–water partition coefficient (Wildman–Crippen LogP) is 3.55. The Morgan fingerprint density at radius 1 is 1.24 bits per heavy atom. The van der Waals surface area contributed by atoms with Crippen molar-refractivity contribution in [1.82, 2.24) is 10.3 Å². The summed E-state index contributed by atoms with van der Waals surface area (Å²) in [6, 6.07) is 5.53. The molecule has 0 aliphatic carbocycles. The molecule has 2 atom stereocenters. The van der Waals surface area contributed by atoms with Crippen LogP contribution < -0.4 is 10.2 Å². The molecule has 2 heterocycles. The lowest BCUT2D eigenvalue weighted by molar-refractivity contribution is 0.310. The number of hydrogen-bond acceptors (Lipinski definition) is 3. The highest BCUT2D eigenvalue weighted by Crippen LogP contribution is 2.27. The van der Waals surface area contributed by atoms with E-state index >= 15 is 0 Å². The van der Waals surface area contributed by atoms with E-state index in [0.29, 0.717) is 18.0 Å². The standard InChI is InChI=1S/C18H31N3/c1-12(2)9-16-11-21(18(10-19-16)13(3)4)17-8-7-14(5)20-15(17)6/h7-8,12-13,16,18-19H,9-11H2,1-6H3. The molecule has 0 aromatic carbocycles. The Labute approximate surface area is 130 Å². The largest absolute Gasteiger partial charge is 0.364 e. The summed E-state index contributed by atoms with van der Waals surface area (Å²) in [5, 5.41) is 3.75. The van der Waals surface area contributed by atoms with Gasteiger partial charge in [-0.3, -0.25) is 4.98 Å². The van der Waals surface area contributed by atoms with Crippen molar-refractivity contribution >= 4 is 5.69 Å². The molecule has 2 unspecified atom stereocenters. The van der Waals surface area contributed by atoms with Crippen molar-refractivity contribution in [2.24, 2.45) is 11.8 Å². The van der Waals surface area contributed by atoms with Crippen LogP contribution in [0.5, 0.6) is 0 Å². The number of piperazine rings is 1. The molecular formula is C18H31N3. The van der Waals surface area contributed by atoms with Gasteiger partial charge in [0, 0.05) is 30.9 Å². The minimum atomic E-state index is 0.552. The van der Waals surface area contributed by atoms with Gasteiger partial charge < -0.3 is 10.2 Å². The second-order valence-corrected chi connectivity index (χ2v) is 7.26. The Balaban J connectivity index is 2.25. The van der Waals surface area contributed by atoms with Crippen LogP contribution in [-0.2, 0) is 0 Å². The Hall–Kier alpha value is -1.09. The van der Waals surface area contributed by atoms with Crippen LogP contribution in [0.2, 0.25) is 0 Å². The lowest BCUT2D eigenvalue weighted by atomic mass is 9.94. The predicted molar refractivity (Wildman–Crippen MR) is 90.9 cm³/mol. The van der Waals surface area contributed by atoms with E-state index in [1.165, 1.54) is 12.1 Å². The Morgan fingerprint density at radius 3 is 2.52 bits per heavy atom. The molecule has 0 spiro atoms. The monoisotopic (exact) mass is 289 g/mol. The molecule has 0 bridgehead atoms. The SMILES string of the molecule is Cc1ccc(N2CC(CC(C)C)NCC2C(C)C)c(C)n1. The zero-order valence-electron chi connectivity index (χ0n) is 14.5. The number of pyridine rings is 1. The number of anilines is 1. The normalized spacial score (nSPS) is 23.1. The molecule has 21 heavy (non-hydrogen) atoms. The van der Waals surface area contributed by atoms with Crippen LogP contribution in [0.3, 0.4) is 0 Å². The topological polar surface area (TPSA) is 28.2 Å². The first-order valence-electron chi connectivity index (χ1n) is 8.32. The average molecular weight is 289 g/mol. The molecule has 1 fully saturated rings. The molecule has 3 nitrogen and oxygen atoms in total. The number of nitrogens with zero attached hydrogens (tertiary/aromatic N) is 2. The maximum Gasteiger partial charge on any atom is 0.0609 e. The van der Waals surface area contributed by atoms with Crippen LogP contribution in [0.1, 0.15) is 45.5 Å².